The molecule has 0 aromatic heterocycles. The van der Waals surface area contributed by atoms with Gasteiger partial charge in [0.05, 0.1) is 19.4 Å². The standard InChI is InChI=1S/C12H13NO5/c1-17-12(16)5-13-9-3-2-8(6-14)4-10(9)18-7-11(13)15/h2-4,14H,5-7H2,1H3. The molecule has 0 radical (unpaired) electrons. The second-order valence-corrected chi connectivity index (χ2v) is 3.80. The van der Waals surface area contributed by atoms with Crippen molar-refractivity contribution < 1.29 is 24.2 Å². The van der Waals surface area contributed by atoms with Crippen LogP contribution in [-0.4, -0.2) is 37.2 Å². The molecule has 0 saturated heterocycles. The predicted molar refractivity (Wildman–Crippen MR) is 62.2 cm³/mol. The van der Waals surface area contributed by atoms with Gasteiger partial charge in [0, 0.05) is 0 Å². The van der Waals surface area contributed by atoms with Crippen molar-refractivity contribution in [3.05, 3.63) is 23.8 Å². The number of esters is 1. The molecule has 0 spiro atoms. The van der Waals surface area contributed by atoms with Crippen molar-refractivity contribution >= 4 is 17.6 Å². The summed E-state index contributed by atoms with van der Waals surface area (Å²) in [6, 6.07) is 4.96. The van der Waals surface area contributed by atoms with Crippen LogP contribution in [0.15, 0.2) is 18.2 Å². The largest absolute Gasteiger partial charge is 0.482 e. The number of nitrogens with zero attached hydrogens (tertiary/aromatic N) is 1. The summed E-state index contributed by atoms with van der Waals surface area (Å²) in [5.74, 6) is -0.322. The lowest BCUT2D eigenvalue weighted by atomic mass is 10.1. The van der Waals surface area contributed by atoms with E-state index in [0.717, 1.165) is 0 Å². The topological polar surface area (TPSA) is 76.1 Å². The van der Waals surface area contributed by atoms with Gasteiger partial charge in [-0.2, -0.15) is 0 Å². The minimum absolute atomic E-state index is 0.110. The van der Waals surface area contributed by atoms with E-state index >= 15 is 0 Å². The second-order valence-electron chi connectivity index (χ2n) is 3.80. The Labute approximate surface area is 104 Å². The molecular weight excluding hydrogens is 238 g/mol. The Hall–Kier alpha value is -2.08. The van der Waals surface area contributed by atoms with Gasteiger partial charge in [0.1, 0.15) is 12.3 Å². The Kier molecular flexibility index (Phi) is 3.47. The lowest BCUT2D eigenvalue weighted by Gasteiger charge is -2.28. The van der Waals surface area contributed by atoms with E-state index < -0.39 is 5.97 Å². The van der Waals surface area contributed by atoms with Crippen LogP contribution in [0, 0.1) is 0 Å². The highest BCUT2D eigenvalue weighted by atomic mass is 16.5. The molecule has 6 heteroatoms. The number of carbonyl (C=O) groups excluding carboxylic acids is 2. The van der Waals surface area contributed by atoms with Gasteiger partial charge in [0.25, 0.3) is 5.91 Å². The monoisotopic (exact) mass is 251 g/mol. The van der Waals surface area contributed by atoms with Crippen molar-refractivity contribution in [3.63, 3.8) is 0 Å². The molecule has 1 aliphatic heterocycles. The molecule has 1 aromatic rings. The van der Waals surface area contributed by atoms with Crippen LogP contribution in [0.1, 0.15) is 5.56 Å². The van der Waals surface area contributed by atoms with Crippen LogP contribution >= 0.6 is 0 Å². The first-order chi connectivity index (χ1) is 8.65. The van der Waals surface area contributed by atoms with E-state index in [-0.39, 0.29) is 25.7 Å². The third-order valence-corrected chi connectivity index (χ3v) is 2.66. The summed E-state index contributed by atoms with van der Waals surface area (Å²) in [5, 5.41) is 9.03. The SMILES string of the molecule is COC(=O)CN1C(=O)COc2cc(CO)ccc21. The lowest BCUT2D eigenvalue weighted by Crippen LogP contribution is -2.42. The molecule has 18 heavy (non-hydrogen) atoms. The smallest absolute Gasteiger partial charge is 0.325 e. The summed E-state index contributed by atoms with van der Waals surface area (Å²) in [6.45, 7) is -0.384. The number of fused-ring (bicyclic) bond motifs is 1. The van der Waals surface area contributed by atoms with Crippen molar-refractivity contribution in [2.75, 3.05) is 25.2 Å². The molecule has 0 unspecified atom stereocenters. The third-order valence-electron chi connectivity index (χ3n) is 2.66. The van der Waals surface area contributed by atoms with Gasteiger partial charge in [0.15, 0.2) is 6.61 Å². The Morgan fingerprint density at radius 2 is 2.33 bits per heavy atom. The number of aliphatic hydroxyl groups excluding tert-OH is 1. The van der Waals surface area contributed by atoms with E-state index in [0.29, 0.717) is 17.0 Å². The molecule has 0 fully saturated rings. The second kappa shape index (κ2) is 5.05. The highest BCUT2D eigenvalue weighted by Gasteiger charge is 2.27. The zero-order valence-corrected chi connectivity index (χ0v) is 9.88. The van der Waals surface area contributed by atoms with Gasteiger partial charge < -0.3 is 14.6 Å². The Morgan fingerprint density at radius 3 is 3.00 bits per heavy atom. The average Bonchev–Trinajstić information content (AvgIpc) is 2.41. The number of anilines is 1. The van der Waals surface area contributed by atoms with Crippen molar-refractivity contribution in [2.24, 2.45) is 0 Å². The quantitative estimate of drug-likeness (QED) is 0.770. The predicted octanol–water partition coefficient (Wildman–Crippen LogP) is 0.0773. The molecule has 1 heterocycles. The van der Waals surface area contributed by atoms with E-state index in [1.165, 1.54) is 12.0 Å². The van der Waals surface area contributed by atoms with E-state index in [9.17, 15) is 9.59 Å². The van der Waals surface area contributed by atoms with Crippen LogP contribution in [-0.2, 0) is 20.9 Å². The number of aliphatic hydroxyl groups is 1. The summed E-state index contributed by atoms with van der Waals surface area (Å²) >= 11 is 0. The van der Waals surface area contributed by atoms with Gasteiger partial charge in [-0.15, -0.1) is 0 Å². The minimum Gasteiger partial charge on any atom is -0.482 e. The number of hydrogen-bond donors (Lipinski definition) is 1. The highest BCUT2D eigenvalue weighted by molar-refractivity contribution is 6.01. The lowest BCUT2D eigenvalue weighted by molar-refractivity contribution is -0.140. The minimum atomic E-state index is -0.498. The summed E-state index contributed by atoms with van der Waals surface area (Å²) in [6.07, 6.45) is 0. The molecule has 1 N–H and O–H groups in total. The zero-order valence-electron chi connectivity index (χ0n) is 9.88. The fraction of sp³-hybridized carbons (Fsp3) is 0.333. The first-order valence-corrected chi connectivity index (χ1v) is 5.39. The molecule has 0 atom stereocenters. The number of hydrogen-bond acceptors (Lipinski definition) is 5. The number of methoxy groups -OCH3 is 1. The maximum atomic E-state index is 11.7. The normalized spacial score (nSPS) is 13.9. The van der Waals surface area contributed by atoms with Crippen molar-refractivity contribution in [1.29, 1.82) is 0 Å². The number of benzene rings is 1. The Bertz CT molecular complexity index is 485. The van der Waals surface area contributed by atoms with Gasteiger partial charge >= 0.3 is 5.97 Å². The van der Waals surface area contributed by atoms with E-state index in [1.807, 2.05) is 0 Å². The summed E-state index contributed by atoms with van der Waals surface area (Å²) in [5.41, 5.74) is 1.19. The molecule has 1 amide bonds. The van der Waals surface area contributed by atoms with Crippen LogP contribution in [0.4, 0.5) is 5.69 Å². The first-order valence-electron chi connectivity index (χ1n) is 5.39. The van der Waals surface area contributed by atoms with Crippen LogP contribution in [0.3, 0.4) is 0 Å². The fourth-order valence-electron chi connectivity index (χ4n) is 1.71. The van der Waals surface area contributed by atoms with Crippen LogP contribution in [0.2, 0.25) is 0 Å². The average molecular weight is 251 g/mol. The maximum Gasteiger partial charge on any atom is 0.325 e. The summed E-state index contributed by atoms with van der Waals surface area (Å²) in [7, 11) is 1.27. The number of amides is 1. The van der Waals surface area contributed by atoms with Gasteiger partial charge in [-0.05, 0) is 17.7 Å². The Morgan fingerprint density at radius 1 is 1.56 bits per heavy atom. The van der Waals surface area contributed by atoms with Crippen molar-refractivity contribution in [1.82, 2.24) is 0 Å². The van der Waals surface area contributed by atoms with Gasteiger partial charge in [-0.3, -0.25) is 14.5 Å². The number of ether oxygens (including phenoxy) is 2. The molecule has 0 bridgehead atoms. The first kappa shape index (κ1) is 12.4. The summed E-state index contributed by atoms with van der Waals surface area (Å²) < 4.78 is 9.82. The summed E-state index contributed by atoms with van der Waals surface area (Å²) in [4.78, 5) is 24.3. The number of rotatable bonds is 3. The number of carbonyl (C=O) groups is 2. The van der Waals surface area contributed by atoms with E-state index in [2.05, 4.69) is 4.74 Å². The third kappa shape index (κ3) is 2.28. The van der Waals surface area contributed by atoms with E-state index in [1.54, 1.807) is 18.2 Å². The highest BCUT2D eigenvalue weighted by Crippen LogP contribution is 2.32. The molecule has 96 valence electrons. The molecule has 1 aromatic carbocycles. The van der Waals surface area contributed by atoms with Gasteiger partial charge in [-0.1, -0.05) is 6.07 Å². The van der Waals surface area contributed by atoms with Gasteiger partial charge in [-0.25, -0.2) is 0 Å². The van der Waals surface area contributed by atoms with Crippen molar-refractivity contribution in [3.8, 4) is 5.75 Å². The zero-order chi connectivity index (χ0) is 13.1. The Balaban J connectivity index is 2.32. The molecule has 2 rings (SSSR count). The molecule has 1 aliphatic rings. The van der Waals surface area contributed by atoms with Crippen LogP contribution in [0.5, 0.6) is 5.75 Å². The molecular formula is C12H13NO5. The van der Waals surface area contributed by atoms with Crippen molar-refractivity contribution in [2.45, 2.75) is 6.61 Å². The van der Waals surface area contributed by atoms with E-state index in [4.69, 9.17) is 9.84 Å². The molecule has 6 nitrogen and oxygen atoms in total. The fourth-order valence-corrected chi connectivity index (χ4v) is 1.71. The van der Waals surface area contributed by atoms with Crippen LogP contribution < -0.4 is 9.64 Å². The van der Waals surface area contributed by atoms with Crippen LogP contribution in [0.25, 0.3) is 0 Å². The molecule has 0 aliphatic carbocycles. The maximum absolute atomic E-state index is 11.7. The molecule has 0 saturated carbocycles. The van der Waals surface area contributed by atoms with Gasteiger partial charge in [0.2, 0.25) is 0 Å².